The second-order valence-electron chi connectivity index (χ2n) is 2.94. The highest BCUT2D eigenvalue weighted by Gasteiger charge is 2.03. The molecular formula is C10H7BrN2O2. The first-order valence-corrected chi connectivity index (χ1v) is 5.01. The van der Waals surface area contributed by atoms with Gasteiger partial charge in [0.05, 0.1) is 11.3 Å². The number of rotatable bonds is 2. The molecule has 1 heterocycles. The van der Waals surface area contributed by atoms with Gasteiger partial charge < -0.3 is 5.11 Å². The van der Waals surface area contributed by atoms with Gasteiger partial charge in [-0.2, -0.15) is 5.10 Å². The number of carboxylic acids is 1. The van der Waals surface area contributed by atoms with Crippen molar-refractivity contribution in [2.45, 2.75) is 0 Å². The lowest BCUT2D eigenvalue weighted by Gasteiger charge is -2.00. The minimum atomic E-state index is -0.928. The maximum absolute atomic E-state index is 10.6. The zero-order valence-corrected chi connectivity index (χ0v) is 9.18. The molecule has 76 valence electrons. The minimum Gasteiger partial charge on any atom is -0.478 e. The predicted octanol–water partition coefficient (Wildman–Crippen LogP) is 2.33. The molecule has 1 N–H and O–H groups in total. The summed E-state index contributed by atoms with van der Waals surface area (Å²) in [5.74, 6) is -0.928. The number of halogens is 1. The topological polar surface area (TPSA) is 55.1 Å². The largest absolute Gasteiger partial charge is 0.478 e. The van der Waals surface area contributed by atoms with Crippen molar-refractivity contribution in [1.82, 2.24) is 9.78 Å². The van der Waals surface area contributed by atoms with Crippen molar-refractivity contribution in [3.63, 3.8) is 0 Å². The van der Waals surface area contributed by atoms with Crippen LogP contribution in [0.2, 0.25) is 0 Å². The van der Waals surface area contributed by atoms with Crippen molar-refractivity contribution >= 4 is 21.9 Å². The number of aromatic nitrogens is 2. The van der Waals surface area contributed by atoms with E-state index in [-0.39, 0.29) is 5.56 Å². The molecule has 0 aliphatic rings. The lowest BCUT2D eigenvalue weighted by Crippen LogP contribution is -1.98. The number of hydrogen-bond donors (Lipinski definition) is 1. The highest BCUT2D eigenvalue weighted by molar-refractivity contribution is 9.10. The lowest BCUT2D eigenvalue weighted by atomic mass is 10.2. The van der Waals surface area contributed by atoms with Gasteiger partial charge in [0.15, 0.2) is 0 Å². The molecule has 0 radical (unpaired) electrons. The lowest BCUT2D eigenvalue weighted by molar-refractivity contribution is 0.0697. The quantitative estimate of drug-likeness (QED) is 0.908. The normalized spacial score (nSPS) is 10.2. The van der Waals surface area contributed by atoms with Gasteiger partial charge >= 0.3 is 5.97 Å². The second-order valence-corrected chi connectivity index (χ2v) is 3.75. The molecule has 0 aliphatic carbocycles. The molecule has 0 aliphatic heterocycles. The van der Waals surface area contributed by atoms with Crippen LogP contribution in [0.3, 0.4) is 0 Å². The fourth-order valence-corrected chi connectivity index (χ4v) is 1.49. The zero-order valence-electron chi connectivity index (χ0n) is 7.59. The number of hydrogen-bond acceptors (Lipinski definition) is 2. The summed E-state index contributed by atoms with van der Waals surface area (Å²) in [7, 11) is 0. The summed E-state index contributed by atoms with van der Waals surface area (Å²) >= 11 is 3.24. The van der Waals surface area contributed by atoms with E-state index in [1.54, 1.807) is 35.1 Å². The summed E-state index contributed by atoms with van der Waals surface area (Å²) < 4.78 is 2.40. The van der Waals surface area contributed by atoms with Crippen LogP contribution < -0.4 is 0 Å². The Kier molecular flexibility index (Phi) is 2.55. The Morgan fingerprint density at radius 2 is 1.93 bits per heavy atom. The summed E-state index contributed by atoms with van der Waals surface area (Å²) in [5, 5.41) is 12.9. The van der Waals surface area contributed by atoms with Crippen molar-refractivity contribution in [3.05, 3.63) is 46.7 Å². The molecule has 0 bridgehead atoms. The summed E-state index contributed by atoms with van der Waals surface area (Å²) in [6, 6.07) is 8.33. The SMILES string of the molecule is O=C(O)c1ccc(-n2ccc(Br)n2)cc1. The van der Waals surface area contributed by atoms with E-state index < -0.39 is 5.97 Å². The number of nitrogens with zero attached hydrogens (tertiary/aromatic N) is 2. The van der Waals surface area contributed by atoms with Gasteiger partial charge in [0, 0.05) is 6.20 Å². The molecule has 0 unspecified atom stereocenters. The van der Waals surface area contributed by atoms with Crippen LogP contribution >= 0.6 is 15.9 Å². The van der Waals surface area contributed by atoms with E-state index in [4.69, 9.17) is 5.11 Å². The van der Waals surface area contributed by atoms with E-state index in [2.05, 4.69) is 21.0 Å². The molecule has 0 fully saturated rings. The Balaban J connectivity index is 2.35. The van der Waals surface area contributed by atoms with Crippen molar-refractivity contribution < 1.29 is 9.90 Å². The maximum atomic E-state index is 10.6. The van der Waals surface area contributed by atoms with Crippen LogP contribution in [-0.2, 0) is 0 Å². The first-order valence-electron chi connectivity index (χ1n) is 4.22. The Bertz CT molecular complexity index is 490. The predicted molar refractivity (Wildman–Crippen MR) is 58.2 cm³/mol. The fourth-order valence-electron chi connectivity index (χ4n) is 1.20. The smallest absolute Gasteiger partial charge is 0.335 e. The van der Waals surface area contributed by atoms with E-state index in [1.165, 1.54) is 0 Å². The molecule has 2 rings (SSSR count). The van der Waals surface area contributed by atoms with E-state index in [0.717, 1.165) is 10.3 Å². The molecule has 1 aromatic heterocycles. The third-order valence-corrected chi connectivity index (χ3v) is 2.36. The summed E-state index contributed by atoms with van der Waals surface area (Å²) in [5.41, 5.74) is 1.09. The van der Waals surface area contributed by atoms with Gasteiger partial charge in [0.2, 0.25) is 0 Å². The first kappa shape index (κ1) is 9.92. The van der Waals surface area contributed by atoms with Crippen LogP contribution in [-0.4, -0.2) is 20.9 Å². The van der Waals surface area contributed by atoms with Gasteiger partial charge in [0.1, 0.15) is 4.60 Å². The van der Waals surface area contributed by atoms with E-state index >= 15 is 0 Å². The fraction of sp³-hybridized carbons (Fsp3) is 0. The van der Waals surface area contributed by atoms with Crippen LogP contribution in [0, 0.1) is 0 Å². The Morgan fingerprint density at radius 1 is 1.27 bits per heavy atom. The summed E-state index contributed by atoms with van der Waals surface area (Å²) in [4.78, 5) is 10.6. The molecule has 15 heavy (non-hydrogen) atoms. The molecule has 4 nitrogen and oxygen atoms in total. The Labute approximate surface area is 94.3 Å². The van der Waals surface area contributed by atoms with E-state index in [1.807, 2.05) is 6.07 Å². The number of carboxylic acid groups (broad SMARTS) is 1. The van der Waals surface area contributed by atoms with Crippen LogP contribution in [0.5, 0.6) is 0 Å². The van der Waals surface area contributed by atoms with E-state index in [9.17, 15) is 4.79 Å². The number of carbonyl (C=O) groups is 1. The molecule has 2 aromatic rings. The monoisotopic (exact) mass is 266 g/mol. The minimum absolute atomic E-state index is 0.268. The van der Waals surface area contributed by atoms with Crippen LogP contribution in [0.1, 0.15) is 10.4 Å². The number of benzene rings is 1. The third-order valence-electron chi connectivity index (χ3n) is 1.94. The molecule has 5 heteroatoms. The summed E-state index contributed by atoms with van der Waals surface area (Å²) in [6.45, 7) is 0. The molecular weight excluding hydrogens is 260 g/mol. The van der Waals surface area contributed by atoms with Gasteiger partial charge in [0.25, 0.3) is 0 Å². The number of aromatic carboxylic acids is 1. The van der Waals surface area contributed by atoms with Crippen molar-refractivity contribution in [3.8, 4) is 5.69 Å². The van der Waals surface area contributed by atoms with Gasteiger partial charge in [-0.3, -0.25) is 0 Å². The van der Waals surface area contributed by atoms with Crippen molar-refractivity contribution in [2.24, 2.45) is 0 Å². The molecule has 0 saturated carbocycles. The molecule has 0 amide bonds. The molecule has 0 spiro atoms. The van der Waals surface area contributed by atoms with Gasteiger partial charge in [-0.15, -0.1) is 0 Å². The highest BCUT2D eigenvalue weighted by Crippen LogP contribution is 2.12. The maximum Gasteiger partial charge on any atom is 0.335 e. The van der Waals surface area contributed by atoms with Crippen LogP contribution in [0.25, 0.3) is 5.69 Å². The third kappa shape index (κ3) is 2.07. The average Bonchev–Trinajstić information content (AvgIpc) is 2.65. The van der Waals surface area contributed by atoms with Gasteiger partial charge in [-0.1, -0.05) is 0 Å². The summed E-state index contributed by atoms with van der Waals surface area (Å²) in [6.07, 6.45) is 1.79. The molecule has 0 atom stereocenters. The zero-order chi connectivity index (χ0) is 10.8. The Hall–Kier alpha value is -1.62. The highest BCUT2D eigenvalue weighted by atomic mass is 79.9. The van der Waals surface area contributed by atoms with E-state index in [0.29, 0.717) is 0 Å². The average molecular weight is 267 g/mol. The van der Waals surface area contributed by atoms with Crippen LogP contribution in [0.15, 0.2) is 41.1 Å². The molecule has 1 aromatic carbocycles. The standard InChI is InChI=1S/C10H7BrN2O2/c11-9-5-6-13(12-9)8-3-1-7(2-4-8)10(14)15/h1-6H,(H,14,15). The molecule has 0 saturated heterocycles. The van der Waals surface area contributed by atoms with Gasteiger partial charge in [-0.25, -0.2) is 9.48 Å². The van der Waals surface area contributed by atoms with Crippen molar-refractivity contribution in [1.29, 1.82) is 0 Å². The van der Waals surface area contributed by atoms with Crippen molar-refractivity contribution in [2.75, 3.05) is 0 Å². The second kappa shape index (κ2) is 3.86. The van der Waals surface area contributed by atoms with Crippen LogP contribution in [0.4, 0.5) is 0 Å². The first-order chi connectivity index (χ1) is 7.16. The Morgan fingerprint density at radius 3 is 2.40 bits per heavy atom. The van der Waals surface area contributed by atoms with Gasteiger partial charge in [-0.05, 0) is 46.3 Å².